The quantitative estimate of drug-likeness (QED) is 0.886. The Morgan fingerprint density at radius 2 is 2.15 bits per heavy atom. The van der Waals surface area contributed by atoms with Crippen molar-refractivity contribution in [2.45, 2.75) is 45.1 Å². The molecule has 2 atom stereocenters. The number of hydrogen-bond acceptors (Lipinski definition) is 2. The highest BCUT2D eigenvalue weighted by Gasteiger charge is 2.29. The van der Waals surface area contributed by atoms with Crippen molar-refractivity contribution in [3.05, 3.63) is 35.4 Å². The average molecular weight is 272 g/mol. The molecule has 1 aliphatic carbocycles. The van der Waals surface area contributed by atoms with Crippen LogP contribution in [0.15, 0.2) is 24.3 Å². The summed E-state index contributed by atoms with van der Waals surface area (Å²) in [5.74, 6) is 1.64. The van der Waals surface area contributed by atoms with Crippen LogP contribution >= 0.6 is 0 Å². The standard InChI is InChI=1S/C18H28N2/c1-14(2)19-11-15-6-5-9-20(12-15)13-17-10-16-7-3-4-8-18(16)17/h3-4,7-8,14-15,17,19H,5-6,9-13H2,1-2H3. The van der Waals surface area contributed by atoms with Crippen LogP contribution in [0.1, 0.15) is 43.7 Å². The molecule has 1 aromatic rings. The highest BCUT2D eigenvalue weighted by Crippen LogP contribution is 2.35. The Morgan fingerprint density at radius 3 is 2.95 bits per heavy atom. The Balaban J connectivity index is 1.49. The SMILES string of the molecule is CC(C)NCC1CCCN(CC2Cc3ccccc32)C1. The van der Waals surface area contributed by atoms with E-state index in [9.17, 15) is 0 Å². The maximum Gasteiger partial charge on any atom is 0.00537 e. The minimum Gasteiger partial charge on any atom is -0.314 e. The van der Waals surface area contributed by atoms with Crippen molar-refractivity contribution in [3.63, 3.8) is 0 Å². The van der Waals surface area contributed by atoms with E-state index in [2.05, 4.69) is 48.3 Å². The van der Waals surface area contributed by atoms with Gasteiger partial charge in [-0.25, -0.2) is 0 Å². The van der Waals surface area contributed by atoms with Crippen LogP contribution in [0.4, 0.5) is 0 Å². The van der Waals surface area contributed by atoms with Crippen LogP contribution in [0.3, 0.4) is 0 Å². The third-order valence-electron chi connectivity index (χ3n) is 4.86. The first-order chi connectivity index (χ1) is 9.72. The van der Waals surface area contributed by atoms with E-state index in [0.717, 1.165) is 11.8 Å². The second kappa shape index (κ2) is 6.28. The molecule has 20 heavy (non-hydrogen) atoms. The molecule has 3 rings (SSSR count). The van der Waals surface area contributed by atoms with E-state index < -0.39 is 0 Å². The summed E-state index contributed by atoms with van der Waals surface area (Å²) in [5.41, 5.74) is 3.18. The second-order valence-corrected chi connectivity index (χ2v) is 6.93. The van der Waals surface area contributed by atoms with Gasteiger partial charge in [-0.15, -0.1) is 0 Å². The lowest BCUT2D eigenvalue weighted by Gasteiger charge is -2.39. The number of likely N-dealkylation sites (tertiary alicyclic amines) is 1. The lowest BCUT2D eigenvalue weighted by atomic mass is 9.77. The maximum absolute atomic E-state index is 3.61. The number of hydrogen-bond donors (Lipinski definition) is 1. The van der Waals surface area contributed by atoms with Gasteiger partial charge in [0.05, 0.1) is 0 Å². The summed E-state index contributed by atoms with van der Waals surface area (Å²) in [6.45, 7) is 9.54. The lowest BCUT2D eigenvalue weighted by Crippen LogP contribution is -2.43. The fraction of sp³-hybridized carbons (Fsp3) is 0.667. The first kappa shape index (κ1) is 14.1. The summed E-state index contributed by atoms with van der Waals surface area (Å²) >= 11 is 0. The topological polar surface area (TPSA) is 15.3 Å². The minimum absolute atomic E-state index is 0.615. The Morgan fingerprint density at radius 1 is 1.30 bits per heavy atom. The van der Waals surface area contributed by atoms with Gasteiger partial charge in [0.25, 0.3) is 0 Å². The van der Waals surface area contributed by atoms with Gasteiger partial charge >= 0.3 is 0 Å². The van der Waals surface area contributed by atoms with Crippen molar-refractivity contribution in [2.75, 3.05) is 26.2 Å². The monoisotopic (exact) mass is 272 g/mol. The van der Waals surface area contributed by atoms with E-state index in [1.807, 2.05) is 0 Å². The molecule has 1 heterocycles. The Bertz CT molecular complexity index is 441. The molecule has 0 aromatic heterocycles. The van der Waals surface area contributed by atoms with Crippen LogP contribution in [0.2, 0.25) is 0 Å². The van der Waals surface area contributed by atoms with Gasteiger partial charge in [-0.1, -0.05) is 38.1 Å². The molecule has 1 N–H and O–H groups in total. The summed E-state index contributed by atoms with van der Waals surface area (Å²) in [6, 6.07) is 9.59. The van der Waals surface area contributed by atoms with Crippen molar-refractivity contribution in [1.82, 2.24) is 10.2 Å². The molecule has 1 aliphatic heterocycles. The van der Waals surface area contributed by atoms with E-state index in [4.69, 9.17) is 0 Å². The van der Waals surface area contributed by atoms with E-state index >= 15 is 0 Å². The molecule has 0 radical (unpaired) electrons. The first-order valence-electron chi connectivity index (χ1n) is 8.26. The Kier molecular flexibility index (Phi) is 4.42. The fourth-order valence-corrected chi connectivity index (χ4v) is 3.72. The van der Waals surface area contributed by atoms with Crippen molar-refractivity contribution < 1.29 is 0 Å². The molecular weight excluding hydrogens is 244 g/mol. The molecular formula is C18H28N2. The molecule has 2 nitrogen and oxygen atoms in total. The zero-order valence-corrected chi connectivity index (χ0v) is 12.9. The molecule has 0 saturated carbocycles. The minimum atomic E-state index is 0.615. The van der Waals surface area contributed by atoms with Crippen molar-refractivity contribution in [3.8, 4) is 0 Å². The molecule has 2 aliphatic rings. The van der Waals surface area contributed by atoms with Gasteiger partial charge in [-0.05, 0) is 49.4 Å². The van der Waals surface area contributed by atoms with Crippen LogP contribution in [0.5, 0.6) is 0 Å². The Hall–Kier alpha value is -0.860. The number of benzene rings is 1. The predicted molar refractivity (Wildman–Crippen MR) is 85.2 cm³/mol. The zero-order chi connectivity index (χ0) is 13.9. The molecule has 110 valence electrons. The maximum atomic E-state index is 3.61. The van der Waals surface area contributed by atoms with Crippen molar-refractivity contribution >= 4 is 0 Å². The van der Waals surface area contributed by atoms with E-state index in [0.29, 0.717) is 6.04 Å². The van der Waals surface area contributed by atoms with Gasteiger partial charge < -0.3 is 10.2 Å². The van der Waals surface area contributed by atoms with Gasteiger partial charge in [0.1, 0.15) is 0 Å². The smallest absolute Gasteiger partial charge is 0.00537 e. The van der Waals surface area contributed by atoms with Crippen LogP contribution in [-0.2, 0) is 6.42 Å². The fourth-order valence-electron chi connectivity index (χ4n) is 3.72. The molecule has 0 spiro atoms. The molecule has 0 amide bonds. The van der Waals surface area contributed by atoms with Crippen LogP contribution < -0.4 is 5.32 Å². The molecule has 2 heteroatoms. The van der Waals surface area contributed by atoms with E-state index in [-0.39, 0.29) is 0 Å². The van der Waals surface area contributed by atoms with Gasteiger partial charge in [0.15, 0.2) is 0 Å². The summed E-state index contributed by atoms with van der Waals surface area (Å²) in [4.78, 5) is 2.71. The zero-order valence-electron chi connectivity index (χ0n) is 12.9. The third-order valence-corrected chi connectivity index (χ3v) is 4.86. The molecule has 0 bridgehead atoms. The molecule has 1 saturated heterocycles. The van der Waals surface area contributed by atoms with E-state index in [1.165, 1.54) is 45.4 Å². The summed E-state index contributed by atoms with van der Waals surface area (Å²) in [6.07, 6.45) is 4.07. The van der Waals surface area contributed by atoms with E-state index in [1.54, 1.807) is 11.1 Å². The molecule has 1 aromatic carbocycles. The Labute approximate surface area is 123 Å². The van der Waals surface area contributed by atoms with Crippen LogP contribution in [0.25, 0.3) is 0 Å². The largest absolute Gasteiger partial charge is 0.314 e. The summed E-state index contributed by atoms with van der Waals surface area (Å²) in [7, 11) is 0. The van der Waals surface area contributed by atoms with Gasteiger partial charge in [0.2, 0.25) is 0 Å². The second-order valence-electron chi connectivity index (χ2n) is 6.93. The highest BCUT2D eigenvalue weighted by molar-refractivity contribution is 5.40. The number of nitrogens with one attached hydrogen (secondary N) is 1. The van der Waals surface area contributed by atoms with Gasteiger partial charge in [-0.2, -0.15) is 0 Å². The van der Waals surface area contributed by atoms with Crippen molar-refractivity contribution in [2.24, 2.45) is 5.92 Å². The normalized spacial score (nSPS) is 26.4. The lowest BCUT2D eigenvalue weighted by molar-refractivity contribution is 0.158. The first-order valence-corrected chi connectivity index (χ1v) is 8.26. The van der Waals surface area contributed by atoms with Crippen molar-refractivity contribution in [1.29, 1.82) is 0 Å². The van der Waals surface area contributed by atoms with Crippen LogP contribution in [-0.4, -0.2) is 37.1 Å². The number of fused-ring (bicyclic) bond motifs is 1. The van der Waals surface area contributed by atoms with Gasteiger partial charge in [-0.3, -0.25) is 0 Å². The number of piperidine rings is 1. The highest BCUT2D eigenvalue weighted by atomic mass is 15.1. The molecule has 1 fully saturated rings. The summed E-state index contributed by atoms with van der Waals surface area (Å²) < 4.78 is 0. The predicted octanol–water partition coefficient (Wildman–Crippen LogP) is 3.04. The molecule has 2 unspecified atom stereocenters. The average Bonchev–Trinajstić information content (AvgIpc) is 2.43. The number of rotatable bonds is 5. The number of nitrogens with zero attached hydrogens (tertiary/aromatic N) is 1. The summed E-state index contributed by atoms with van der Waals surface area (Å²) in [5, 5.41) is 3.61. The van der Waals surface area contributed by atoms with Gasteiger partial charge in [0, 0.05) is 25.0 Å². The third kappa shape index (κ3) is 3.24. The van der Waals surface area contributed by atoms with Crippen LogP contribution in [0, 0.1) is 5.92 Å².